The van der Waals surface area contributed by atoms with E-state index in [0.717, 1.165) is 32.6 Å². The molecule has 4 heteroatoms. The first kappa shape index (κ1) is 12.5. The second-order valence-electron chi connectivity index (χ2n) is 4.41. The van der Waals surface area contributed by atoms with E-state index in [9.17, 15) is 4.79 Å². The van der Waals surface area contributed by atoms with Gasteiger partial charge in [-0.15, -0.1) is 0 Å². The van der Waals surface area contributed by atoms with Gasteiger partial charge in [0, 0.05) is 32.1 Å². The first-order valence-corrected chi connectivity index (χ1v) is 5.77. The number of likely N-dealkylation sites (N-methyl/N-ethyl adjacent to an activating group) is 1. The number of nitrogens with zero attached hydrogens (tertiary/aromatic N) is 2. The highest BCUT2D eigenvalue weighted by Gasteiger charge is 2.23. The number of hydrogen-bond acceptors (Lipinski definition) is 3. The van der Waals surface area contributed by atoms with Crippen LogP contribution < -0.4 is 5.32 Å². The number of amides is 1. The highest BCUT2D eigenvalue weighted by molar-refractivity contribution is 5.76. The predicted octanol–water partition coefficient (Wildman–Crippen LogP) is 0.149. The summed E-state index contributed by atoms with van der Waals surface area (Å²) in [6.45, 7) is 5.91. The van der Waals surface area contributed by atoms with E-state index in [4.69, 9.17) is 0 Å². The molecular formula is C11H23N3O. The quantitative estimate of drug-likeness (QED) is 0.725. The average molecular weight is 213 g/mol. The van der Waals surface area contributed by atoms with Gasteiger partial charge in [0.15, 0.2) is 0 Å². The molecule has 0 radical (unpaired) electrons. The van der Waals surface area contributed by atoms with Crippen LogP contribution in [0.25, 0.3) is 0 Å². The van der Waals surface area contributed by atoms with E-state index >= 15 is 0 Å². The number of carbonyl (C=O) groups is 1. The van der Waals surface area contributed by atoms with Gasteiger partial charge in [0.1, 0.15) is 0 Å². The highest BCUT2D eigenvalue weighted by Crippen LogP contribution is 2.09. The van der Waals surface area contributed by atoms with Crippen molar-refractivity contribution in [1.29, 1.82) is 0 Å². The molecule has 1 saturated heterocycles. The largest absolute Gasteiger partial charge is 0.339 e. The maximum absolute atomic E-state index is 11.9. The third-order valence-electron chi connectivity index (χ3n) is 2.96. The summed E-state index contributed by atoms with van der Waals surface area (Å²) in [6.07, 6.45) is 1.71. The summed E-state index contributed by atoms with van der Waals surface area (Å²) < 4.78 is 0. The second kappa shape index (κ2) is 6.08. The molecule has 1 unspecified atom stereocenters. The number of rotatable bonds is 3. The Hall–Kier alpha value is -0.610. The normalized spacial score (nSPS) is 23.9. The zero-order chi connectivity index (χ0) is 11.3. The van der Waals surface area contributed by atoms with Crippen molar-refractivity contribution < 1.29 is 4.79 Å². The van der Waals surface area contributed by atoms with Gasteiger partial charge in [-0.2, -0.15) is 0 Å². The topological polar surface area (TPSA) is 35.6 Å². The van der Waals surface area contributed by atoms with Gasteiger partial charge < -0.3 is 15.1 Å². The summed E-state index contributed by atoms with van der Waals surface area (Å²) in [5.74, 6) is 0.284. The Kier molecular flexibility index (Phi) is 5.05. The molecule has 88 valence electrons. The monoisotopic (exact) mass is 213 g/mol. The summed E-state index contributed by atoms with van der Waals surface area (Å²) in [4.78, 5) is 16.2. The molecule has 1 atom stereocenters. The minimum atomic E-state index is 0.284. The van der Waals surface area contributed by atoms with Crippen LogP contribution in [-0.2, 0) is 4.79 Å². The molecule has 0 aliphatic carbocycles. The Morgan fingerprint density at radius 2 is 2.20 bits per heavy atom. The third-order valence-corrected chi connectivity index (χ3v) is 2.96. The molecule has 0 aromatic heterocycles. The fourth-order valence-corrected chi connectivity index (χ4v) is 2.12. The van der Waals surface area contributed by atoms with Crippen LogP contribution in [0.1, 0.15) is 19.8 Å². The lowest BCUT2D eigenvalue weighted by molar-refractivity contribution is -0.132. The lowest BCUT2D eigenvalue weighted by Crippen LogP contribution is -2.42. The van der Waals surface area contributed by atoms with E-state index in [1.807, 2.05) is 11.9 Å². The molecule has 1 aliphatic rings. The van der Waals surface area contributed by atoms with Crippen LogP contribution >= 0.6 is 0 Å². The molecule has 1 fully saturated rings. The van der Waals surface area contributed by atoms with Gasteiger partial charge in [-0.1, -0.05) is 0 Å². The Bertz CT molecular complexity index is 208. The molecule has 0 saturated carbocycles. The van der Waals surface area contributed by atoms with Crippen molar-refractivity contribution in [2.24, 2.45) is 0 Å². The molecule has 0 aromatic carbocycles. The lowest BCUT2D eigenvalue weighted by Gasteiger charge is -2.28. The van der Waals surface area contributed by atoms with Crippen molar-refractivity contribution in [2.75, 3.05) is 40.3 Å². The SMILES string of the molecule is CNCCC(=O)N1CCCN(C)CC1C. The standard InChI is InChI=1S/C11H23N3O/c1-10-9-13(3)7-4-8-14(10)11(15)5-6-12-2/h10,12H,4-9H2,1-3H3. The summed E-state index contributed by atoms with van der Waals surface area (Å²) in [5.41, 5.74) is 0. The van der Waals surface area contributed by atoms with Crippen molar-refractivity contribution in [3.05, 3.63) is 0 Å². The van der Waals surface area contributed by atoms with Gasteiger partial charge in [-0.25, -0.2) is 0 Å². The maximum Gasteiger partial charge on any atom is 0.224 e. The number of nitrogens with one attached hydrogen (secondary N) is 1. The summed E-state index contributed by atoms with van der Waals surface area (Å²) >= 11 is 0. The van der Waals surface area contributed by atoms with Crippen LogP contribution in [-0.4, -0.2) is 62.0 Å². The van der Waals surface area contributed by atoms with E-state index in [1.165, 1.54) is 0 Å². The lowest BCUT2D eigenvalue weighted by atomic mass is 10.2. The smallest absolute Gasteiger partial charge is 0.224 e. The van der Waals surface area contributed by atoms with Crippen molar-refractivity contribution >= 4 is 5.91 Å². The molecule has 1 heterocycles. The molecule has 1 rings (SSSR count). The Morgan fingerprint density at radius 1 is 1.47 bits per heavy atom. The van der Waals surface area contributed by atoms with Crippen molar-refractivity contribution in [3.63, 3.8) is 0 Å². The van der Waals surface area contributed by atoms with Crippen LogP contribution in [0.15, 0.2) is 0 Å². The summed E-state index contributed by atoms with van der Waals surface area (Å²) in [5, 5.41) is 3.02. The molecule has 1 aliphatic heterocycles. The van der Waals surface area contributed by atoms with Crippen molar-refractivity contribution in [1.82, 2.24) is 15.1 Å². The molecule has 0 spiro atoms. The second-order valence-corrected chi connectivity index (χ2v) is 4.41. The van der Waals surface area contributed by atoms with E-state index < -0.39 is 0 Å². The Morgan fingerprint density at radius 3 is 2.87 bits per heavy atom. The molecule has 15 heavy (non-hydrogen) atoms. The van der Waals surface area contributed by atoms with Gasteiger partial charge in [0.2, 0.25) is 5.91 Å². The summed E-state index contributed by atoms with van der Waals surface area (Å²) in [6, 6.07) is 0.349. The van der Waals surface area contributed by atoms with Gasteiger partial charge in [-0.3, -0.25) is 4.79 Å². The van der Waals surface area contributed by atoms with Gasteiger partial charge >= 0.3 is 0 Å². The zero-order valence-electron chi connectivity index (χ0n) is 10.1. The van der Waals surface area contributed by atoms with Crippen LogP contribution in [0, 0.1) is 0 Å². The van der Waals surface area contributed by atoms with E-state index in [2.05, 4.69) is 24.2 Å². The molecule has 1 N–H and O–H groups in total. The molecule has 4 nitrogen and oxygen atoms in total. The number of hydrogen-bond donors (Lipinski definition) is 1. The fraction of sp³-hybridized carbons (Fsp3) is 0.909. The van der Waals surface area contributed by atoms with Crippen molar-refractivity contribution in [3.8, 4) is 0 Å². The minimum absolute atomic E-state index is 0.284. The zero-order valence-corrected chi connectivity index (χ0v) is 10.1. The minimum Gasteiger partial charge on any atom is -0.339 e. The third kappa shape index (κ3) is 3.80. The van der Waals surface area contributed by atoms with Crippen molar-refractivity contribution in [2.45, 2.75) is 25.8 Å². The van der Waals surface area contributed by atoms with Crippen LogP contribution in [0.3, 0.4) is 0 Å². The Balaban J connectivity index is 2.47. The van der Waals surface area contributed by atoms with E-state index in [-0.39, 0.29) is 5.91 Å². The van der Waals surface area contributed by atoms with E-state index in [1.54, 1.807) is 0 Å². The van der Waals surface area contributed by atoms with E-state index in [0.29, 0.717) is 12.5 Å². The Labute approximate surface area is 92.6 Å². The molecule has 0 aromatic rings. The predicted molar refractivity (Wildman–Crippen MR) is 61.8 cm³/mol. The highest BCUT2D eigenvalue weighted by atomic mass is 16.2. The first-order valence-electron chi connectivity index (χ1n) is 5.77. The fourth-order valence-electron chi connectivity index (χ4n) is 2.12. The molecule has 0 bridgehead atoms. The van der Waals surface area contributed by atoms with Crippen LogP contribution in [0.2, 0.25) is 0 Å². The van der Waals surface area contributed by atoms with Crippen LogP contribution in [0.4, 0.5) is 0 Å². The average Bonchev–Trinajstić information content (AvgIpc) is 2.35. The number of carbonyl (C=O) groups excluding carboxylic acids is 1. The first-order chi connectivity index (χ1) is 7.15. The molecule has 1 amide bonds. The maximum atomic E-state index is 11.9. The molecular weight excluding hydrogens is 190 g/mol. The van der Waals surface area contributed by atoms with Gasteiger partial charge in [0.05, 0.1) is 0 Å². The summed E-state index contributed by atoms with van der Waals surface area (Å²) in [7, 11) is 4.00. The van der Waals surface area contributed by atoms with Crippen LogP contribution in [0.5, 0.6) is 0 Å². The van der Waals surface area contributed by atoms with Gasteiger partial charge in [-0.05, 0) is 34.0 Å². The van der Waals surface area contributed by atoms with Gasteiger partial charge in [0.25, 0.3) is 0 Å².